The number of hydrogen-bond acceptors (Lipinski definition) is 4. The van der Waals surface area contributed by atoms with Crippen LogP contribution in [0.25, 0.3) is 11.1 Å². The number of carbonyl (C=O) groups is 3. The van der Waals surface area contributed by atoms with Crippen molar-refractivity contribution >= 4 is 18.0 Å². The number of fused-ring (bicyclic) bond motifs is 3. The zero-order valence-corrected chi connectivity index (χ0v) is 18.1. The molecule has 1 fully saturated rings. The first kappa shape index (κ1) is 21.9. The van der Waals surface area contributed by atoms with Gasteiger partial charge in [-0.05, 0) is 41.5 Å². The Morgan fingerprint density at radius 1 is 1.06 bits per heavy atom. The number of nitrogens with one attached hydrogen (secondary N) is 2. The summed E-state index contributed by atoms with van der Waals surface area (Å²) in [5.41, 5.74) is 3.85. The summed E-state index contributed by atoms with van der Waals surface area (Å²) in [6, 6.07) is 15.4. The van der Waals surface area contributed by atoms with Gasteiger partial charge in [0.2, 0.25) is 5.91 Å². The maximum Gasteiger partial charge on any atom is 0.407 e. The lowest BCUT2D eigenvalue weighted by Crippen LogP contribution is -2.51. The van der Waals surface area contributed by atoms with Crippen molar-refractivity contribution in [1.29, 1.82) is 0 Å². The molecule has 2 aliphatic rings. The van der Waals surface area contributed by atoms with Crippen LogP contribution in [0.3, 0.4) is 0 Å². The van der Waals surface area contributed by atoms with Crippen LogP contribution in [0.15, 0.2) is 48.5 Å². The molecule has 1 saturated carbocycles. The number of carbonyl (C=O) groups excluding carboxylic acids is 2. The molecular formula is C25H28N2O5. The summed E-state index contributed by atoms with van der Waals surface area (Å²) in [5, 5.41) is 14.6. The molecule has 0 bridgehead atoms. The smallest absolute Gasteiger partial charge is 0.407 e. The van der Waals surface area contributed by atoms with E-state index in [0.717, 1.165) is 22.3 Å². The molecule has 0 radical (unpaired) electrons. The molecule has 0 spiro atoms. The van der Waals surface area contributed by atoms with Crippen LogP contribution in [0.4, 0.5) is 4.79 Å². The third-order valence-electron chi connectivity index (χ3n) is 6.26. The minimum Gasteiger partial charge on any atom is -0.481 e. The monoisotopic (exact) mass is 436 g/mol. The number of alkyl carbamates (subject to hydrolysis) is 1. The Balaban J connectivity index is 1.38. The van der Waals surface area contributed by atoms with Gasteiger partial charge in [0.1, 0.15) is 12.6 Å². The fraction of sp³-hybridized carbons (Fsp3) is 0.400. The van der Waals surface area contributed by atoms with Gasteiger partial charge in [-0.2, -0.15) is 0 Å². The molecule has 0 aromatic heterocycles. The molecule has 32 heavy (non-hydrogen) atoms. The molecule has 4 rings (SSSR count). The molecule has 0 aliphatic heterocycles. The van der Waals surface area contributed by atoms with Gasteiger partial charge in [0.25, 0.3) is 0 Å². The van der Waals surface area contributed by atoms with E-state index in [-0.39, 0.29) is 24.9 Å². The molecule has 0 heterocycles. The van der Waals surface area contributed by atoms with Crippen LogP contribution in [0.5, 0.6) is 0 Å². The van der Waals surface area contributed by atoms with Crippen LogP contribution in [0.1, 0.15) is 56.1 Å². The molecule has 7 nitrogen and oxygen atoms in total. The Morgan fingerprint density at radius 3 is 2.19 bits per heavy atom. The van der Waals surface area contributed by atoms with Gasteiger partial charge in [0.05, 0.1) is 12.0 Å². The summed E-state index contributed by atoms with van der Waals surface area (Å²) >= 11 is 0. The third kappa shape index (κ3) is 4.61. The summed E-state index contributed by atoms with van der Waals surface area (Å²) < 4.78 is 5.55. The molecule has 1 atom stereocenters. The van der Waals surface area contributed by atoms with E-state index >= 15 is 0 Å². The number of carboxylic acids is 1. The average molecular weight is 437 g/mol. The van der Waals surface area contributed by atoms with Crippen LogP contribution in [-0.4, -0.2) is 41.3 Å². The van der Waals surface area contributed by atoms with Crippen LogP contribution in [-0.2, 0) is 14.3 Å². The van der Waals surface area contributed by atoms with Gasteiger partial charge in [-0.25, -0.2) is 4.79 Å². The molecule has 0 saturated heterocycles. The van der Waals surface area contributed by atoms with Gasteiger partial charge in [-0.1, -0.05) is 61.9 Å². The fourth-order valence-corrected chi connectivity index (χ4v) is 4.47. The first-order valence-electron chi connectivity index (χ1n) is 11.1. The molecule has 7 heteroatoms. The predicted molar refractivity (Wildman–Crippen MR) is 119 cm³/mol. The Kier molecular flexibility index (Phi) is 6.17. The van der Waals surface area contributed by atoms with Crippen LogP contribution >= 0.6 is 0 Å². The summed E-state index contributed by atoms with van der Waals surface area (Å²) in [6.45, 7) is 2.09. The van der Waals surface area contributed by atoms with Crippen molar-refractivity contribution in [2.45, 2.75) is 56.5 Å². The van der Waals surface area contributed by atoms with E-state index < -0.39 is 23.6 Å². The highest BCUT2D eigenvalue weighted by Crippen LogP contribution is 2.44. The first-order chi connectivity index (χ1) is 15.4. The molecule has 1 unspecified atom stereocenters. The van der Waals surface area contributed by atoms with Crippen molar-refractivity contribution < 1.29 is 24.2 Å². The zero-order valence-electron chi connectivity index (χ0n) is 18.1. The van der Waals surface area contributed by atoms with Crippen molar-refractivity contribution in [2.75, 3.05) is 6.61 Å². The average Bonchev–Trinajstić information content (AvgIpc) is 3.43. The Labute approximate surface area is 187 Å². The number of amides is 2. The van der Waals surface area contributed by atoms with Crippen LogP contribution in [0, 0.1) is 0 Å². The first-order valence-corrected chi connectivity index (χ1v) is 11.1. The molecular weight excluding hydrogens is 408 g/mol. The maximum absolute atomic E-state index is 12.7. The van der Waals surface area contributed by atoms with E-state index in [4.69, 9.17) is 9.84 Å². The van der Waals surface area contributed by atoms with Crippen molar-refractivity contribution in [1.82, 2.24) is 10.6 Å². The van der Waals surface area contributed by atoms with Crippen LogP contribution in [0.2, 0.25) is 0 Å². The van der Waals surface area contributed by atoms with Gasteiger partial charge in [-0.3, -0.25) is 9.59 Å². The largest absolute Gasteiger partial charge is 0.481 e. The van der Waals surface area contributed by atoms with E-state index in [1.807, 2.05) is 43.3 Å². The standard InChI is InChI=1S/C25H28N2O5/c1-2-7-21(23(30)27-25(12-13-25)14-22(28)29)26-24(31)32-15-20-18-10-5-3-8-16(18)17-9-4-6-11-19(17)20/h3-6,8-11,20-21H,2,7,12-15H2,1H3,(H,26,31)(H,27,30)(H,28,29). The second-order valence-corrected chi connectivity index (χ2v) is 8.65. The molecule has 3 N–H and O–H groups in total. The van der Waals surface area contributed by atoms with E-state index in [9.17, 15) is 14.4 Å². The molecule has 168 valence electrons. The number of rotatable bonds is 9. The number of hydrogen-bond donors (Lipinski definition) is 3. The van der Waals surface area contributed by atoms with Crippen molar-refractivity contribution in [3.63, 3.8) is 0 Å². The summed E-state index contributed by atoms with van der Waals surface area (Å²) in [4.78, 5) is 36.3. The van der Waals surface area contributed by atoms with Gasteiger partial charge < -0.3 is 20.5 Å². The lowest BCUT2D eigenvalue weighted by molar-refractivity contribution is -0.138. The minimum absolute atomic E-state index is 0.0584. The highest BCUT2D eigenvalue weighted by Gasteiger charge is 2.46. The van der Waals surface area contributed by atoms with E-state index in [0.29, 0.717) is 25.7 Å². The van der Waals surface area contributed by atoms with E-state index in [1.165, 1.54) is 0 Å². The van der Waals surface area contributed by atoms with Gasteiger partial charge in [0.15, 0.2) is 0 Å². The summed E-state index contributed by atoms with van der Waals surface area (Å²) in [6.07, 6.45) is 1.64. The van der Waals surface area contributed by atoms with Crippen LogP contribution < -0.4 is 10.6 Å². The Hall–Kier alpha value is -3.35. The van der Waals surface area contributed by atoms with E-state index in [1.54, 1.807) is 0 Å². The molecule has 2 aliphatic carbocycles. The van der Waals surface area contributed by atoms with Gasteiger partial charge >= 0.3 is 12.1 Å². The number of aliphatic carboxylic acids is 1. The van der Waals surface area contributed by atoms with Crippen molar-refractivity contribution in [3.05, 3.63) is 59.7 Å². The molecule has 2 aromatic rings. The van der Waals surface area contributed by atoms with E-state index in [2.05, 4.69) is 22.8 Å². The predicted octanol–water partition coefficient (Wildman–Crippen LogP) is 3.82. The van der Waals surface area contributed by atoms with Crippen molar-refractivity contribution in [3.8, 4) is 11.1 Å². The Morgan fingerprint density at radius 2 is 1.66 bits per heavy atom. The minimum atomic E-state index is -0.945. The molecule has 2 amide bonds. The zero-order chi connectivity index (χ0) is 22.7. The number of carboxylic acid groups (broad SMARTS) is 1. The van der Waals surface area contributed by atoms with Gasteiger partial charge in [-0.15, -0.1) is 0 Å². The second-order valence-electron chi connectivity index (χ2n) is 8.65. The normalized spacial score (nSPS) is 16.4. The number of ether oxygens (including phenoxy) is 1. The SMILES string of the molecule is CCCC(NC(=O)OCC1c2ccccc2-c2ccccc21)C(=O)NC1(CC(=O)O)CC1. The fourth-order valence-electron chi connectivity index (χ4n) is 4.47. The topological polar surface area (TPSA) is 105 Å². The Bertz CT molecular complexity index is 985. The second kappa shape index (κ2) is 9.02. The lowest BCUT2D eigenvalue weighted by atomic mass is 9.98. The summed E-state index contributed by atoms with van der Waals surface area (Å²) in [5.74, 6) is -1.37. The highest BCUT2D eigenvalue weighted by molar-refractivity contribution is 5.87. The molecule has 2 aromatic carbocycles. The maximum atomic E-state index is 12.7. The van der Waals surface area contributed by atoms with Gasteiger partial charge in [0, 0.05) is 5.92 Å². The highest BCUT2D eigenvalue weighted by atomic mass is 16.5. The lowest BCUT2D eigenvalue weighted by Gasteiger charge is -2.22. The third-order valence-corrected chi connectivity index (χ3v) is 6.26. The van der Waals surface area contributed by atoms with Crippen molar-refractivity contribution in [2.24, 2.45) is 0 Å². The quantitative estimate of drug-likeness (QED) is 0.554. The number of benzene rings is 2. The summed E-state index contributed by atoms with van der Waals surface area (Å²) in [7, 11) is 0.